The van der Waals surface area contributed by atoms with E-state index in [4.69, 9.17) is 10.5 Å². The van der Waals surface area contributed by atoms with Crippen molar-refractivity contribution in [3.05, 3.63) is 35.6 Å². The number of hydrogen-bond donors (Lipinski definition) is 1. The molecule has 2 N–H and O–H groups in total. The lowest BCUT2D eigenvalue weighted by Gasteiger charge is -2.46. The normalized spacial score (nSPS) is 22.4. The summed E-state index contributed by atoms with van der Waals surface area (Å²) in [6.07, 6.45) is 0.497. The number of hydrogen-bond acceptors (Lipinski definition) is 3. The topological polar surface area (TPSA) is 72.6 Å². The molecule has 1 aliphatic rings. The molecular weight excluding hydrogens is 323 g/mol. The smallest absolute Gasteiger partial charge is 0.410 e. The second-order valence-electron chi connectivity index (χ2n) is 7.82. The predicted molar refractivity (Wildman–Crippen MR) is 93.2 cm³/mol. The van der Waals surface area contributed by atoms with E-state index in [0.717, 1.165) is 0 Å². The minimum absolute atomic E-state index is 0.00218. The van der Waals surface area contributed by atoms with Gasteiger partial charge in [0.15, 0.2) is 0 Å². The Morgan fingerprint density at radius 3 is 2.44 bits per heavy atom. The standard InChI is InChI=1S/C19H27FN2O3/c1-13(18(2,3)4)22-12-11-19(25-17(22)24,10-9-16(21)23)14-5-7-15(20)8-6-14/h5-8,13H,9-12H2,1-4H3,(H2,21,23). The molecule has 0 bridgehead atoms. The summed E-state index contributed by atoms with van der Waals surface area (Å²) in [5.41, 5.74) is 4.94. The Balaban J connectivity index is 2.28. The van der Waals surface area contributed by atoms with Gasteiger partial charge in [-0.05, 0) is 30.0 Å². The fourth-order valence-electron chi connectivity index (χ4n) is 3.09. The van der Waals surface area contributed by atoms with Gasteiger partial charge >= 0.3 is 6.09 Å². The van der Waals surface area contributed by atoms with Crippen LogP contribution in [0, 0.1) is 11.2 Å². The van der Waals surface area contributed by atoms with Crippen LogP contribution in [0.1, 0.15) is 52.5 Å². The van der Waals surface area contributed by atoms with E-state index in [1.807, 2.05) is 6.92 Å². The maximum Gasteiger partial charge on any atom is 0.410 e. The van der Waals surface area contributed by atoms with Crippen LogP contribution in [-0.2, 0) is 15.1 Å². The molecule has 1 aliphatic heterocycles. The molecule has 1 heterocycles. The number of cyclic esters (lactones) is 1. The molecule has 2 rings (SSSR count). The number of primary amides is 1. The van der Waals surface area contributed by atoms with E-state index in [1.165, 1.54) is 12.1 Å². The Bertz CT molecular complexity index is 639. The molecule has 5 nitrogen and oxygen atoms in total. The zero-order valence-corrected chi connectivity index (χ0v) is 15.3. The monoisotopic (exact) mass is 350 g/mol. The number of carbonyl (C=O) groups excluding carboxylic acids is 2. The first kappa shape index (κ1) is 19.2. The van der Waals surface area contributed by atoms with Gasteiger partial charge in [0.2, 0.25) is 5.91 Å². The van der Waals surface area contributed by atoms with Crippen molar-refractivity contribution in [2.24, 2.45) is 11.1 Å². The molecule has 6 heteroatoms. The molecule has 1 fully saturated rings. The second kappa shape index (κ2) is 7.02. The van der Waals surface area contributed by atoms with Crippen LogP contribution >= 0.6 is 0 Å². The highest BCUT2D eigenvalue weighted by atomic mass is 19.1. The second-order valence-corrected chi connectivity index (χ2v) is 7.82. The van der Waals surface area contributed by atoms with Gasteiger partial charge in [0, 0.05) is 31.8 Å². The summed E-state index contributed by atoms with van der Waals surface area (Å²) >= 11 is 0. The molecule has 2 atom stereocenters. The van der Waals surface area contributed by atoms with E-state index >= 15 is 0 Å². The number of ether oxygens (including phenoxy) is 1. The van der Waals surface area contributed by atoms with Crippen molar-refractivity contribution in [1.29, 1.82) is 0 Å². The molecule has 0 aliphatic carbocycles. The molecule has 0 saturated carbocycles. The van der Waals surface area contributed by atoms with Crippen molar-refractivity contribution in [3.63, 3.8) is 0 Å². The van der Waals surface area contributed by atoms with Gasteiger partial charge in [-0.15, -0.1) is 0 Å². The summed E-state index contributed by atoms with van der Waals surface area (Å²) in [4.78, 5) is 25.7. The third kappa shape index (κ3) is 4.30. The van der Waals surface area contributed by atoms with Gasteiger partial charge in [0.1, 0.15) is 11.4 Å². The molecule has 0 spiro atoms. The van der Waals surface area contributed by atoms with Gasteiger partial charge in [-0.25, -0.2) is 9.18 Å². The van der Waals surface area contributed by atoms with Crippen LogP contribution in [0.3, 0.4) is 0 Å². The molecule has 1 aromatic carbocycles. The number of benzene rings is 1. The summed E-state index contributed by atoms with van der Waals surface area (Å²) in [6.45, 7) is 8.71. The molecular formula is C19H27FN2O3. The highest BCUT2D eigenvalue weighted by Gasteiger charge is 2.44. The Morgan fingerprint density at radius 1 is 1.36 bits per heavy atom. The van der Waals surface area contributed by atoms with Crippen molar-refractivity contribution in [3.8, 4) is 0 Å². The summed E-state index contributed by atoms with van der Waals surface area (Å²) in [5, 5.41) is 0. The van der Waals surface area contributed by atoms with Crippen LogP contribution in [0.5, 0.6) is 0 Å². The maximum absolute atomic E-state index is 13.3. The van der Waals surface area contributed by atoms with Crippen molar-refractivity contribution in [1.82, 2.24) is 4.90 Å². The van der Waals surface area contributed by atoms with Gasteiger partial charge in [-0.1, -0.05) is 32.9 Å². The van der Waals surface area contributed by atoms with E-state index in [2.05, 4.69) is 20.8 Å². The predicted octanol–water partition coefficient (Wildman–Crippen LogP) is 3.56. The minimum atomic E-state index is -0.950. The Kier molecular flexibility index (Phi) is 5.40. The van der Waals surface area contributed by atoms with E-state index in [-0.39, 0.29) is 30.1 Å². The highest BCUT2D eigenvalue weighted by Crippen LogP contribution is 2.40. The van der Waals surface area contributed by atoms with Crippen molar-refractivity contribution < 1.29 is 18.7 Å². The fraction of sp³-hybridized carbons (Fsp3) is 0.579. The van der Waals surface area contributed by atoms with Gasteiger partial charge in [-0.2, -0.15) is 0 Å². The first-order valence-electron chi connectivity index (χ1n) is 8.59. The molecule has 1 saturated heterocycles. The van der Waals surface area contributed by atoms with Crippen molar-refractivity contribution in [2.45, 2.75) is 58.6 Å². The fourth-order valence-corrected chi connectivity index (χ4v) is 3.09. The average molecular weight is 350 g/mol. The third-order valence-electron chi connectivity index (χ3n) is 5.14. The lowest BCUT2D eigenvalue weighted by molar-refractivity contribution is -0.121. The Labute approximate surface area is 148 Å². The Hall–Kier alpha value is -2.11. The Morgan fingerprint density at radius 2 is 1.96 bits per heavy atom. The van der Waals surface area contributed by atoms with Gasteiger partial charge in [0.05, 0.1) is 0 Å². The lowest BCUT2D eigenvalue weighted by Crippen LogP contribution is -2.54. The van der Waals surface area contributed by atoms with Crippen LogP contribution in [0.25, 0.3) is 0 Å². The summed E-state index contributed by atoms with van der Waals surface area (Å²) < 4.78 is 19.1. The van der Waals surface area contributed by atoms with Gasteiger partial charge in [0.25, 0.3) is 0 Å². The van der Waals surface area contributed by atoms with E-state index < -0.39 is 17.6 Å². The average Bonchev–Trinajstić information content (AvgIpc) is 2.52. The van der Waals surface area contributed by atoms with Crippen LogP contribution in [-0.4, -0.2) is 29.5 Å². The minimum Gasteiger partial charge on any atom is -0.438 e. The van der Waals surface area contributed by atoms with Crippen LogP contribution in [0.4, 0.5) is 9.18 Å². The number of halogens is 1. The molecule has 2 amide bonds. The largest absolute Gasteiger partial charge is 0.438 e. The molecule has 1 aromatic rings. The summed E-state index contributed by atoms with van der Waals surface area (Å²) in [7, 11) is 0. The molecule has 25 heavy (non-hydrogen) atoms. The zero-order valence-electron chi connectivity index (χ0n) is 15.3. The van der Waals surface area contributed by atoms with Crippen LogP contribution < -0.4 is 5.73 Å². The summed E-state index contributed by atoms with van der Waals surface area (Å²) in [6, 6.07) is 5.87. The van der Waals surface area contributed by atoms with E-state index in [9.17, 15) is 14.0 Å². The first-order valence-corrected chi connectivity index (χ1v) is 8.59. The van der Waals surface area contributed by atoms with E-state index in [0.29, 0.717) is 18.5 Å². The lowest BCUT2D eigenvalue weighted by atomic mass is 9.82. The SMILES string of the molecule is CC(N1CCC(CCC(N)=O)(c2ccc(F)cc2)OC1=O)C(C)(C)C. The quantitative estimate of drug-likeness (QED) is 0.882. The molecule has 2 unspecified atom stereocenters. The number of amides is 2. The number of rotatable bonds is 5. The van der Waals surface area contributed by atoms with Gasteiger partial charge in [-0.3, -0.25) is 4.79 Å². The van der Waals surface area contributed by atoms with Crippen LogP contribution in [0.2, 0.25) is 0 Å². The highest BCUT2D eigenvalue weighted by molar-refractivity contribution is 5.74. The molecule has 0 radical (unpaired) electrons. The van der Waals surface area contributed by atoms with Crippen molar-refractivity contribution >= 4 is 12.0 Å². The first-order chi connectivity index (χ1) is 11.5. The summed E-state index contributed by atoms with van der Waals surface area (Å²) in [5.74, 6) is -0.818. The molecule has 138 valence electrons. The number of nitrogens with zero attached hydrogens (tertiary/aromatic N) is 1. The maximum atomic E-state index is 13.3. The van der Waals surface area contributed by atoms with Crippen molar-refractivity contribution in [2.75, 3.05) is 6.54 Å². The van der Waals surface area contributed by atoms with Crippen LogP contribution in [0.15, 0.2) is 24.3 Å². The number of carbonyl (C=O) groups is 2. The zero-order chi connectivity index (χ0) is 18.8. The molecule has 0 aromatic heterocycles. The third-order valence-corrected chi connectivity index (χ3v) is 5.14. The van der Waals surface area contributed by atoms with E-state index in [1.54, 1.807) is 17.0 Å². The van der Waals surface area contributed by atoms with Gasteiger partial charge < -0.3 is 15.4 Å². The number of nitrogens with two attached hydrogens (primary N) is 1.